The first-order valence-corrected chi connectivity index (χ1v) is 9.21. The van der Waals surface area contributed by atoms with Crippen LogP contribution in [0.2, 0.25) is 5.02 Å². The Kier molecular flexibility index (Phi) is 5.53. The van der Waals surface area contributed by atoms with E-state index in [-0.39, 0.29) is 11.9 Å². The third kappa shape index (κ3) is 3.93. The largest absolute Gasteiger partial charge is 0.344 e. The number of amides is 1. The second kappa shape index (κ2) is 7.83. The number of thiophene rings is 1. The molecule has 3 rings (SSSR count). The Labute approximate surface area is 156 Å². The second-order valence-corrected chi connectivity index (χ2v) is 7.40. The summed E-state index contributed by atoms with van der Waals surface area (Å²) in [7, 11) is 0. The molecule has 0 saturated heterocycles. The summed E-state index contributed by atoms with van der Waals surface area (Å²) in [6.07, 6.45) is 0. The molecule has 0 spiro atoms. The fourth-order valence-corrected chi connectivity index (χ4v) is 4.05. The summed E-state index contributed by atoms with van der Waals surface area (Å²) >= 11 is 7.84. The zero-order valence-corrected chi connectivity index (χ0v) is 15.4. The molecule has 3 aromatic rings. The number of hydrogen-bond acceptors (Lipinski definition) is 3. The molecule has 0 saturated carbocycles. The third-order valence-corrected chi connectivity index (χ3v) is 5.46. The van der Waals surface area contributed by atoms with Crippen LogP contribution in [0.3, 0.4) is 0 Å². The molecule has 1 heterocycles. The van der Waals surface area contributed by atoms with Crippen LogP contribution < -0.4 is 11.1 Å². The van der Waals surface area contributed by atoms with Crippen LogP contribution in [-0.2, 0) is 0 Å². The number of benzene rings is 2. The molecule has 1 amide bonds. The zero-order chi connectivity index (χ0) is 17.8. The summed E-state index contributed by atoms with van der Waals surface area (Å²) in [5.74, 6) is -0.119. The highest BCUT2D eigenvalue weighted by molar-refractivity contribution is 7.15. The van der Waals surface area contributed by atoms with Crippen LogP contribution in [0, 0.1) is 6.92 Å². The quantitative estimate of drug-likeness (QED) is 0.677. The van der Waals surface area contributed by atoms with Crippen LogP contribution in [0.15, 0.2) is 60.7 Å². The number of aryl methyl sites for hydroxylation is 1. The number of hydrogen-bond donors (Lipinski definition) is 2. The maximum absolute atomic E-state index is 12.7. The van der Waals surface area contributed by atoms with Crippen molar-refractivity contribution in [1.82, 2.24) is 5.32 Å². The van der Waals surface area contributed by atoms with E-state index in [9.17, 15) is 4.79 Å². The predicted octanol–water partition coefficient (Wildman–Crippen LogP) is 4.81. The number of carbonyl (C=O) groups is 1. The lowest BCUT2D eigenvalue weighted by atomic mass is 10.1. The minimum atomic E-state index is -0.211. The molecule has 0 radical (unpaired) electrons. The molecule has 0 aliphatic heterocycles. The second-order valence-electron chi connectivity index (χ2n) is 5.73. The van der Waals surface area contributed by atoms with Gasteiger partial charge < -0.3 is 11.1 Å². The zero-order valence-electron chi connectivity index (χ0n) is 13.8. The lowest BCUT2D eigenvalue weighted by Gasteiger charge is -2.17. The molecule has 1 aromatic heterocycles. The molecule has 0 aliphatic rings. The van der Waals surface area contributed by atoms with E-state index >= 15 is 0 Å². The van der Waals surface area contributed by atoms with Crippen molar-refractivity contribution >= 4 is 28.8 Å². The highest BCUT2D eigenvalue weighted by Gasteiger charge is 2.19. The molecule has 0 bridgehead atoms. The monoisotopic (exact) mass is 370 g/mol. The number of nitrogens with one attached hydrogen (secondary N) is 1. The Hall–Kier alpha value is -2.14. The first kappa shape index (κ1) is 17.7. The molecule has 128 valence electrons. The Morgan fingerprint density at radius 3 is 2.52 bits per heavy atom. The van der Waals surface area contributed by atoms with Crippen molar-refractivity contribution in [3.05, 3.63) is 81.7 Å². The van der Waals surface area contributed by atoms with Gasteiger partial charge in [0.05, 0.1) is 11.6 Å². The Morgan fingerprint density at radius 1 is 1.16 bits per heavy atom. The van der Waals surface area contributed by atoms with Gasteiger partial charge in [-0.1, -0.05) is 60.1 Å². The summed E-state index contributed by atoms with van der Waals surface area (Å²) in [5.41, 5.74) is 8.45. The SMILES string of the molecule is Cc1sc(-c2ccccc2Cl)cc1C(=O)N[C@@H](CN)c1ccccc1. The molecule has 0 fully saturated rings. The molecule has 5 heteroatoms. The topological polar surface area (TPSA) is 55.1 Å². The van der Waals surface area contributed by atoms with Crippen molar-refractivity contribution in [2.24, 2.45) is 5.73 Å². The van der Waals surface area contributed by atoms with Crippen LogP contribution in [0.4, 0.5) is 0 Å². The number of rotatable bonds is 5. The van der Waals surface area contributed by atoms with E-state index in [2.05, 4.69) is 5.32 Å². The van der Waals surface area contributed by atoms with E-state index in [0.29, 0.717) is 17.1 Å². The predicted molar refractivity (Wildman–Crippen MR) is 105 cm³/mol. The van der Waals surface area contributed by atoms with Crippen LogP contribution >= 0.6 is 22.9 Å². The van der Waals surface area contributed by atoms with Gasteiger partial charge in [-0.25, -0.2) is 0 Å². The maximum Gasteiger partial charge on any atom is 0.252 e. The summed E-state index contributed by atoms with van der Waals surface area (Å²) < 4.78 is 0. The normalized spacial score (nSPS) is 12.0. The summed E-state index contributed by atoms with van der Waals surface area (Å²) in [6, 6.07) is 19.1. The minimum absolute atomic E-state index is 0.119. The third-order valence-electron chi connectivity index (χ3n) is 4.04. The minimum Gasteiger partial charge on any atom is -0.344 e. The van der Waals surface area contributed by atoms with Crippen LogP contribution in [0.5, 0.6) is 0 Å². The lowest BCUT2D eigenvalue weighted by Crippen LogP contribution is -2.33. The molecule has 2 aromatic carbocycles. The molecular formula is C20H19ClN2OS. The highest BCUT2D eigenvalue weighted by atomic mass is 35.5. The number of halogens is 1. The molecule has 25 heavy (non-hydrogen) atoms. The van der Waals surface area contributed by atoms with Crippen molar-refractivity contribution in [2.75, 3.05) is 6.54 Å². The van der Waals surface area contributed by atoms with Crippen molar-refractivity contribution in [3.8, 4) is 10.4 Å². The smallest absolute Gasteiger partial charge is 0.252 e. The van der Waals surface area contributed by atoms with Crippen LogP contribution in [0.1, 0.15) is 26.8 Å². The molecular weight excluding hydrogens is 352 g/mol. The number of carbonyl (C=O) groups excluding carboxylic acids is 1. The van der Waals surface area contributed by atoms with Gasteiger partial charge >= 0.3 is 0 Å². The molecule has 1 atom stereocenters. The van der Waals surface area contributed by atoms with E-state index in [0.717, 1.165) is 20.9 Å². The van der Waals surface area contributed by atoms with E-state index in [1.807, 2.05) is 67.6 Å². The average Bonchev–Trinajstić information content (AvgIpc) is 3.02. The van der Waals surface area contributed by atoms with Crippen molar-refractivity contribution < 1.29 is 4.79 Å². The van der Waals surface area contributed by atoms with E-state index < -0.39 is 0 Å². The lowest BCUT2D eigenvalue weighted by molar-refractivity contribution is 0.0938. The van der Waals surface area contributed by atoms with Gasteiger partial charge in [0, 0.05) is 26.9 Å². The standard InChI is InChI=1S/C20H19ClN2OS/c1-13-16(11-19(25-13)15-9-5-6-10-17(15)21)20(24)23-18(12-22)14-7-3-2-4-8-14/h2-11,18H,12,22H2,1H3,(H,23,24)/t18-/m0/s1. The van der Waals surface area contributed by atoms with Gasteiger partial charge in [-0.15, -0.1) is 11.3 Å². The average molecular weight is 371 g/mol. The summed E-state index contributed by atoms with van der Waals surface area (Å²) in [4.78, 5) is 14.7. The van der Waals surface area contributed by atoms with E-state index in [1.54, 1.807) is 11.3 Å². The number of nitrogens with two attached hydrogens (primary N) is 1. The molecule has 0 unspecified atom stereocenters. The van der Waals surface area contributed by atoms with E-state index in [1.165, 1.54) is 0 Å². The molecule has 0 aliphatic carbocycles. The van der Waals surface area contributed by atoms with Crippen LogP contribution in [0.25, 0.3) is 10.4 Å². The summed E-state index contributed by atoms with van der Waals surface area (Å²) in [6.45, 7) is 2.29. The van der Waals surface area contributed by atoms with Gasteiger partial charge in [0.25, 0.3) is 5.91 Å². The molecule has 3 N–H and O–H groups in total. The van der Waals surface area contributed by atoms with Gasteiger partial charge in [0.15, 0.2) is 0 Å². The van der Waals surface area contributed by atoms with E-state index in [4.69, 9.17) is 17.3 Å². The van der Waals surface area contributed by atoms with Crippen LogP contribution in [-0.4, -0.2) is 12.5 Å². The fourth-order valence-electron chi connectivity index (χ4n) is 2.70. The summed E-state index contributed by atoms with van der Waals surface area (Å²) in [5, 5.41) is 3.71. The van der Waals surface area contributed by atoms with Crippen molar-refractivity contribution in [3.63, 3.8) is 0 Å². The Morgan fingerprint density at radius 2 is 1.84 bits per heavy atom. The fraction of sp³-hybridized carbons (Fsp3) is 0.150. The first-order chi connectivity index (χ1) is 12.1. The molecule has 3 nitrogen and oxygen atoms in total. The van der Waals surface area contributed by atoms with Gasteiger partial charge in [-0.2, -0.15) is 0 Å². The van der Waals surface area contributed by atoms with Gasteiger partial charge in [0.1, 0.15) is 0 Å². The first-order valence-electron chi connectivity index (χ1n) is 8.01. The van der Waals surface area contributed by atoms with Gasteiger partial charge in [-0.05, 0) is 24.6 Å². The van der Waals surface area contributed by atoms with Crippen molar-refractivity contribution in [2.45, 2.75) is 13.0 Å². The van der Waals surface area contributed by atoms with Crippen molar-refractivity contribution in [1.29, 1.82) is 0 Å². The Bertz CT molecular complexity index is 876. The highest BCUT2D eigenvalue weighted by Crippen LogP contribution is 2.35. The Balaban J connectivity index is 1.84. The van der Waals surface area contributed by atoms with Gasteiger partial charge in [-0.3, -0.25) is 4.79 Å². The maximum atomic E-state index is 12.7. The van der Waals surface area contributed by atoms with Gasteiger partial charge in [0.2, 0.25) is 0 Å².